The minimum atomic E-state index is 0.662. The number of thioether (sulfide) groups is 1. The second-order valence-electron chi connectivity index (χ2n) is 4.77. The summed E-state index contributed by atoms with van der Waals surface area (Å²) in [4.78, 5) is 0. The highest BCUT2D eigenvalue weighted by atomic mass is 32.2. The first-order valence-corrected chi connectivity index (χ1v) is 8.07. The van der Waals surface area contributed by atoms with Gasteiger partial charge in [0, 0.05) is 11.8 Å². The van der Waals surface area contributed by atoms with Crippen molar-refractivity contribution in [1.29, 1.82) is 0 Å². The molecule has 106 valence electrons. The van der Waals surface area contributed by atoms with Gasteiger partial charge in [-0.3, -0.25) is 0 Å². The monoisotopic (exact) mass is 281 g/mol. The summed E-state index contributed by atoms with van der Waals surface area (Å²) in [6.07, 6.45) is 1.12. The summed E-state index contributed by atoms with van der Waals surface area (Å²) in [6.45, 7) is 4.02. The molecule has 1 saturated heterocycles. The SMILES string of the molecule is CCNC1CSCC1CCOc1ccc(OC)cc1. The molecule has 1 aromatic rings. The van der Waals surface area contributed by atoms with Gasteiger partial charge in [-0.2, -0.15) is 11.8 Å². The van der Waals surface area contributed by atoms with Gasteiger partial charge in [0.05, 0.1) is 13.7 Å². The minimum Gasteiger partial charge on any atom is -0.497 e. The van der Waals surface area contributed by atoms with Crippen molar-refractivity contribution in [2.24, 2.45) is 5.92 Å². The molecule has 1 N–H and O–H groups in total. The van der Waals surface area contributed by atoms with Crippen molar-refractivity contribution >= 4 is 11.8 Å². The molecule has 0 amide bonds. The average Bonchev–Trinajstić information content (AvgIpc) is 2.88. The Kier molecular flexibility index (Phi) is 5.86. The lowest BCUT2D eigenvalue weighted by Crippen LogP contribution is -2.35. The molecule has 1 heterocycles. The standard InChI is InChI=1S/C15H23NO2S/c1-3-16-15-11-19-10-12(15)8-9-18-14-6-4-13(17-2)5-7-14/h4-7,12,15-16H,3,8-11H2,1-2H3. The van der Waals surface area contributed by atoms with Crippen molar-refractivity contribution in [2.45, 2.75) is 19.4 Å². The van der Waals surface area contributed by atoms with E-state index < -0.39 is 0 Å². The molecular formula is C15H23NO2S. The molecule has 1 aromatic carbocycles. The molecule has 4 heteroatoms. The first-order chi connectivity index (χ1) is 9.33. The molecule has 2 rings (SSSR count). The molecule has 0 saturated carbocycles. The molecule has 0 aliphatic carbocycles. The zero-order valence-corrected chi connectivity index (χ0v) is 12.5. The molecule has 0 radical (unpaired) electrons. The van der Waals surface area contributed by atoms with E-state index in [9.17, 15) is 0 Å². The smallest absolute Gasteiger partial charge is 0.119 e. The molecule has 1 aliphatic heterocycles. The van der Waals surface area contributed by atoms with Gasteiger partial charge in [-0.15, -0.1) is 0 Å². The quantitative estimate of drug-likeness (QED) is 0.832. The third-order valence-corrected chi connectivity index (χ3v) is 4.74. The molecule has 1 fully saturated rings. The zero-order chi connectivity index (χ0) is 13.5. The molecular weight excluding hydrogens is 258 g/mol. The number of hydrogen-bond acceptors (Lipinski definition) is 4. The number of nitrogens with one attached hydrogen (secondary N) is 1. The van der Waals surface area contributed by atoms with Crippen LogP contribution in [-0.2, 0) is 0 Å². The van der Waals surface area contributed by atoms with Crippen molar-refractivity contribution in [2.75, 3.05) is 31.8 Å². The summed E-state index contributed by atoms with van der Waals surface area (Å²) in [7, 11) is 1.68. The van der Waals surface area contributed by atoms with Gasteiger partial charge in [-0.25, -0.2) is 0 Å². The van der Waals surface area contributed by atoms with Crippen molar-refractivity contribution in [3.05, 3.63) is 24.3 Å². The Labute approximate surface area is 120 Å². The Balaban J connectivity index is 1.73. The topological polar surface area (TPSA) is 30.5 Å². The summed E-state index contributed by atoms with van der Waals surface area (Å²) in [5.74, 6) is 5.02. The minimum absolute atomic E-state index is 0.662. The van der Waals surface area contributed by atoms with Gasteiger partial charge in [0.1, 0.15) is 11.5 Å². The van der Waals surface area contributed by atoms with Crippen LogP contribution in [0.2, 0.25) is 0 Å². The maximum absolute atomic E-state index is 5.80. The Morgan fingerprint density at radius 3 is 2.63 bits per heavy atom. The zero-order valence-electron chi connectivity index (χ0n) is 11.7. The van der Waals surface area contributed by atoms with Crippen molar-refractivity contribution < 1.29 is 9.47 Å². The fourth-order valence-corrected chi connectivity index (χ4v) is 3.85. The normalized spacial score (nSPS) is 22.4. The van der Waals surface area contributed by atoms with Crippen molar-refractivity contribution in [3.63, 3.8) is 0 Å². The lowest BCUT2D eigenvalue weighted by Gasteiger charge is -2.19. The number of hydrogen-bond donors (Lipinski definition) is 1. The van der Waals surface area contributed by atoms with Crippen LogP contribution in [0.15, 0.2) is 24.3 Å². The van der Waals surface area contributed by atoms with Crippen LogP contribution in [0.25, 0.3) is 0 Å². The lowest BCUT2D eigenvalue weighted by molar-refractivity contribution is 0.269. The van der Waals surface area contributed by atoms with Crippen LogP contribution in [0.3, 0.4) is 0 Å². The van der Waals surface area contributed by atoms with Crippen LogP contribution in [0, 0.1) is 5.92 Å². The molecule has 19 heavy (non-hydrogen) atoms. The first kappa shape index (κ1) is 14.5. The van der Waals surface area contributed by atoms with Gasteiger partial charge in [-0.05, 0) is 48.9 Å². The average molecular weight is 281 g/mol. The summed E-state index contributed by atoms with van der Waals surface area (Å²) in [5.41, 5.74) is 0. The summed E-state index contributed by atoms with van der Waals surface area (Å²) in [6, 6.07) is 8.45. The number of benzene rings is 1. The van der Waals surface area contributed by atoms with Crippen LogP contribution in [-0.4, -0.2) is 37.8 Å². The van der Waals surface area contributed by atoms with E-state index in [4.69, 9.17) is 9.47 Å². The van der Waals surface area contributed by atoms with Gasteiger partial charge < -0.3 is 14.8 Å². The lowest BCUT2D eigenvalue weighted by atomic mass is 10.0. The fraction of sp³-hybridized carbons (Fsp3) is 0.600. The third kappa shape index (κ3) is 4.32. The van der Waals surface area contributed by atoms with Gasteiger partial charge in [0.15, 0.2) is 0 Å². The van der Waals surface area contributed by atoms with Crippen LogP contribution in [0.4, 0.5) is 0 Å². The Hall–Kier alpha value is -0.870. The van der Waals surface area contributed by atoms with Gasteiger partial charge in [-0.1, -0.05) is 6.92 Å². The van der Waals surface area contributed by atoms with E-state index in [1.165, 1.54) is 11.5 Å². The molecule has 0 bridgehead atoms. The van der Waals surface area contributed by atoms with Gasteiger partial charge >= 0.3 is 0 Å². The summed E-state index contributed by atoms with van der Waals surface area (Å²) < 4.78 is 10.9. The Morgan fingerprint density at radius 1 is 1.21 bits per heavy atom. The van der Waals surface area contributed by atoms with Crippen molar-refractivity contribution in [1.82, 2.24) is 5.32 Å². The highest BCUT2D eigenvalue weighted by Crippen LogP contribution is 2.27. The molecule has 2 atom stereocenters. The van der Waals surface area contributed by atoms with Crippen LogP contribution in [0.5, 0.6) is 11.5 Å². The predicted octanol–water partition coefficient (Wildman–Crippen LogP) is 2.81. The maximum atomic E-state index is 5.80. The second kappa shape index (κ2) is 7.65. The van der Waals surface area contributed by atoms with Crippen molar-refractivity contribution in [3.8, 4) is 11.5 Å². The van der Waals surface area contributed by atoms with Crippen LogP contribution >= 0.6 is 11.8 Å². The predicted molar refractivity (Wildman–Crippen MR) is 81.4 cm³/mol. The maximum Gasteiger partial charge on any atom is 0.119 e. The second-order valence-corrected chi connectivity index (χ2v) is 5.85. The third-order valence-electron chi connectivity index (χ3n) is 3.48. The highest BCUT2D eigenvalue weighted by molar-refractivity contribution is 7.99. The molecule has 2 unspecified atom stereocenters. The largest absolute Gasteiger partial charge is 0.497 e. The summed E-state index contributed by atoms with van der Waals surface area (Å²) >= 11 is 2.05. The highest BCUT2D eigenvalue weighted by Gasteiger charge is 2.26. The Bertz CT molecular complexity index is 369. The first-order valence-electron chi connectivity index (χ1n) is 6.91. The van der Waals surface area contributed by atoms with E-state index in [-0.39, 0.29) is 0 Å². The summed E-state index contributed by atoms with van der Waals surface area (Å²) in [5, 5.41) is 3.57. The Morgan fingerprint density at radius 2 is 1.95 bits per heavy atom. The van der Waals surface area contributed by atoms with E-state index in [0.29, 0.717) is 6.04 Å². The molecule has 0 aromatic heterocycles. The van der Waals surface area contributed by atoms with E-state index in [1.54, 1.807) is 7.11 Å². The van der Waals surface area contributed by atoms with E-state index in [1.807, 2.05) is 36.0 Å². The van der Waals surface area contributed by atoms with Gasteiger partial charge in [0.2, 0.25) is 0 Å². The number of rotatable bonds is 7. The number of methoxy groups -OCH3 is 1. The van der Waals surface area contributed by atoms with Crippen LogP contribution < -0.4 is 14.8 Å². The van der Waals surface area contributed by atoms with E-state index in [0.717, 1.165) is 37.0 Å². The van der Waals surface area contributed by atoms with Gasteiger partial charge in [0.25, 0.3) is 0 Å². The van der Waals surface area contributed by atoms with E-state index >= 15 is 0 Å². The fourth-order valence-electron chi connectivity index (χ4n) is 2.37. The molecule has 1 aliphatic rings. The van der Waals surface area contributed by atoms with Crippen LogP contribution in [0.1, 0.15) is 13.3 Å². The van der Waals surface area contributed by atoms with E-state index in [2.05, 4.69) is 12.2 Å². The molecule has 0 spiro atoms. The number of ether oxygens (including phenoxy) is 2. The molecule has 3 nitrogen and oxygen atoms in total.